The first-order chi connectivity index (χ1) is 11.2. The Morgan fingerprint density at radius 1 is 1.00 bits per heavy atom. The van der Waals surface area contributed by atoms with E-state index >= 15 is 0 Å². The molecule has 1 fully saturated rings. The predicted octanol–water partition coefficient (Wildman–Crippen LogP) is 6.03. The molecule has 1 saturated carbocycles. The van der Waals surface area contributed by atoms with E-state index in [1.54, 1.807) is 6.07 Å². The molecule has 1 aliphatic rings. The number of nitrogens with one attached hydrogen (secondary N) is 1. The Balaban J connectivity index is 0.00000208. The highest BCUT2D eigenvalue weighted by Crippen LogP contribution is 2.23. The van der Waals surface area contributed by atoms with Crippen LogP contribution in [0.4, 0.5) is 0 Å². The van der Waals surface area contributed by atoms with Crippen molar-refractivity contribution in [2.45, 2.75) is 44.9 Å². The molecule has 0 spiro atoms. The average molecular weight is 387 g/mol. The molecule has 24 heavy (non-hydrogen) atoms. The summed E-state index contributed by atoms with van der Waals surface area (Å²) in [6.45, 7) is 1.36. The molecule has 2 nitrogen and oxygen atoms in total. The first kappa shape index (κ1) is 19.4. The Hall–Kier alpha value is -0.930. The average Bonchev–Trinajstić information content (AvgIpc) is 3.07. The molecule has 2 aromatic rings. The van der Waals surface area contributed by atoms with Gasteiger partial charge in [-0.05, 0) is 42.7 Å². The normalized spacial score (nSPS) is 14.4. The van der Waals surface area contributed by atoms with Gasteiger partial charge in [0, 0.05) is 28.2 Å². The molecule has 2 aromatic carbocycles. The monoisotopic (exact) mass is 385 g/mol. The number of hydrogen-bond acceptors (Lipinski definition) is 2. The Morgan fingerprint density at radius 2 is 1.71 bits per heavy atom. The maximum absolute atomic E-state index is 6.15. The van der Waals surface area contributed by atoms with E-state index in [4.69, 9.17) is 27.9 Å². The first-order valence-corrected chi connectivity index (χ1v) is 8.85. The van der Waals surface area contributed by atoms with Crippen molar-refractivity contribution < 1.29 is 4.74 Å². The minimum absolute atomic E-state index is 0. The van der Waals surface area contributed by atoms with Gasteiger partial charge in [-0.2, -0.15) is 0 Å². The highest BCUT2D eigenvalue weighted by atomic mass is 35.5. The highest BCUT2D eigenvalue weighted by Gasteiger charge is 2.13. The number of hydrogen-bond donors (Lipinski definition) is 1. The zero-order valence-electron chi connectivity index (χ0n) is 13.4. The van der Waals surface area contributed by atoms with Crippen molar-refractivity contribution in [1.29, 1.82) is 0 Å². The zero-order valence-corrected chi connectivity index (χ0v) is 15.8. The lowest BCUT2D eigenvalue weighted by Gasteiger charge is -2.12. The van der Waals surface area contributed by atoms with Crippen LogP contribution >= 0.6 is 35.6 Å². The van der Waals surface area contributed by atoms with Gasteiger partial charge in [0.1, 0.15) is 12.4 Å². The fourth-order valence-corrected chi connectivity index (χ4v) is 3.36. The summed E-state index contributed by atoms with van der Waals surface area (Å²) in [7, 11) is 0. The molecule has 5 heteroatoms. The van der Waals surface area contributed by atoms with Crippen LogP contribution in [0.3, 0.4) is 0 Å². The summed E-state index contributed by atoms with van der Waals surface area (Å²) < 4.78 is 5.80. The molecular formula is C19H22Cl3NO. The molecule has 0 unspecified atom stereocenters. The minimum atomic E-state index is 0. The van der Waals surface area contributed by atoms with Crippen LogP contribution < -0.4 is 10.1 Å². The summed E-state index contributed by atoms with van der Waals surface area (Å²) in [5, 5.41) is 4.89. The number of ether oxygens (including phenoxy) is 1. The van der Waals surface area contributed by atoms with Gasteiger partial charge in [0.2, 0.25) is 0 Å². The molecule has 0 heterocycles. The van der Waals surface area contributed by atoms with Crippen molar-refractivity contribution in [3.8, 4) is 5.75 Å². The van der Waals surface area contributed by atoms with Crippen molar-refractivity contribution in [3.63, 3.8) is 0 Å². The van der Waals surface area contributed by atoms with Gasteiger partial charge in [0.05, 0.1) is 0 Å². The van der Waals surface area contributed by atoms with Gasteiger partial charge in [-0.15, -0.1) is 12.4 Å². The first-order valence-electron chi connectivity index (χ1n) is 8.10. The van der Waals surface area contributed by atoms with Gasteiger partial charge in [-0.25, -0.2) is 0 Å². The Bertz CT molecular complexity index is 640. The SMILES string of the molecule is Cl.Clc1ccc(COc2ccc(CNC3CCCC3)cc2)c(Cl)c1. The maximum Gasteiger partial charge on any atom is 0.119 e. The lowest BCUT2D eigenvalue weighted by atomic mass is 10.2. The lowest BCUT2D eigenvalue weighted by molar-refractivity contribution is 0.306. The predicted molar refractivity (Wildman–Crippen MR) is 104 cm³/mol. The number of benzene rings is 2. The second-order valence-electron chi connectivity index (χ2n) is 6.03. The van der Waals surface area contributed by atoms with Crippen LogP contribution in [-0.2, 0) is 13.2 Å². The van der Waals surface area contributed by atoms with Gasteiger partial charge in [-0.1, -0.05) is 54.2 Å². The summed E-state index contributed by atoms with van der Waals surface area (Å²) in [5.74, 6) is 0.848. The summed E-state index contributed by atoms with van der Waals surface area (Å²) in [4.78, 5) is 0. The van der Waals surface area contributed by atoms with E-state index in [1.165, 1.54) is 31.2 Å². The van der Waals surface area contributed by atoms with Crippen LogP contribution in [0.2, 0.25) is 10.0 Å². The summed E-state index contributed by atoms with van der Waals surface area (Å²) in [5.41, 5.74) is 2.22. The Kier molecular flexibility index (Phi) is 7.70. The topological polar surface area (TPSA) is 21.3 Å². The van der Waals surface area contributed by atoms with E-state index in [2.05, 4.69) is 17.4 Å². The molecule has 3 rings (SSSR count). The minimum Gasteiger partial charge on any atom is -0.489 e. The zero-order chi connectivity index (χ0) is 16.1. The van der Waals surface area contributed by atoms with E-state index in [0.717, 1.165) is 17.9 Å². The number of halogens is 3. The van der Waals surface area contributed by atoms with E-state index in [0.29, 0.717) is 22.7 Å². The number of rotatable bonds is 6. The second-order valence-corrected chi connectivity index (χ2v) is 6.87. The molecular weight excluding hydrogens is 365 g/mol. The van der Waals surface area contributed by atoms with Crippen molar-refractivity contribution in [3.05, 3.63) is 63.6 Å². The van der Waals surface area contributed by atoms with Gasteiger partial charge >= 0.3 is 0 Å². The molecule has 0 saturated heterocycles. The largest absolute Gasteiger partial charge is 0.489 e. The third kappa shape index (κ3) is 5.56. The van der Waals surface area contributed by atoms with E-state index < -0.39 is 0 Å². The van der Waals surface area contributed by atoms with Crippen molar-refractivity contribution >= 4 is 35.6 Å². The lowest BCUT2D eigenvalue weighted by Crippen LogP contribution is -2.25. The summed E-state index contributed by atoms with van der Waals surface area (Å²) in [6, 6.07) is 14.4. The molecule has 0 aliphatic heterocycles. The summed E-state index contributed by atoms with van der Waals surface area (Å²) in [6.07, 6.45) is 5.33. The molecule has 0 radical (unpaired) electrons. The third-order valence-corrected chi connectivity index (χ3v) is 4.87. The molecule has 130 valence electrons. The van der Waals surface area contributed by atoms with Crippen LogP contribution in [0.25, 0.3) is 0 Å². The van der Waals surface area contributed by atoms with Crippen LogP contribution in [0.15, 0.2) is 42.5 Å². The second kappa shape index (κ2) is 9.53. The van der Waals surface area contributed by atoms with E-state index in [1.807, 2.05) is 24.3 Å². The van der Waals surface area contributed by atoms with Crippen LogP contribution in [0, 0.1) is 0 Å². The smallest absolute Gasteiger partial charge is 0.119 e. The molecule has 0 atom stereocenters. The Labute approximate surface area is 159 Å². The fourth-order valence-electron chi connectivity index (χ4n) is 2.90. The molecule has 0 aromatic heterocycles. The van der Waals surface area contributed by atoms with Crippen molar-refractivity contribution in [1.82, 2.24) is 5.32 Å². The van der Waals surface area contributed by atoms with E-state index in [-0.39, 0.29) is 12.4 Å². The van der Waals surface area contributed by atoms with Gasteiger partial charge in [0.15, 0.2) is 0 Å². The third-order valence-electron chi connectivity index (χ3n) is 4.28. The quantitative estimate of drug-likeness (QED) is 0.654. The van der Waals surface area contributed by atoms with E-state index in [9.17, 15) is 0 Å². The van der Waals surface area contributed by atoms with Gasteiger partial charge < -0.3 is 10.1 Å². The maximum atomic E-state index is 6.15. The van der Waals surface area contributed by atoms with Crippen LogP contribution in [-0.4, -0.2) is 6.04 Å². The van der Waals surface area contributed by atoms with Gasteiger partial charge in [-0.3, -0.25) is 0 Å². The Morgan fingerprint density at radius 3 is 2.38 bits per heavy atom. The molecule has 1 aliphatic carbocycles. The fraction of sp³-hybridized carbons (Fsp3) is 0.368. The highest BCUT2D eigenvalue weighted by molar-refractivity contribution is 6.35. The summed E-state index contributed by atoms with van der Waals surface area (Å²) >= 11 is 12.0. The van der Waals surface area contributed by atoms with Crippen molar-refractivity contribution in [2.24, 2.45) is 0 Å². The van der Waals surface area contributed by atoms with Crippen molar-refractivity contribution in [2.75, 3.05) is 0 Å². The van der Waals surface area contributed by atoms with Crippen LogP contribution in [0.1, 0.15) is 36.8 Å². The van der Waals surface area contributed by atoms with Crippen LogP contribution in [0.5, 0.6) is 5.75 Å². The molecule has 1 N–H and O–H groups in total. The standard InChI is InChI=1S/C19H21Cl2NO.ClH/c20-16-8-7-15(19(21)11-16)13-23-18-9-5-14(6-10-18)12-22-17-3-1-2-4-17;/h5-11,17,22H,1-4,12-13H2;1H. The molecule has 0 bridgehead atoms. The molecule has 0 amide bonds. The van der Waals surface area contributed by atoms with Gasteiger partial charge in [0.25, 0.3) is 0 Å².